The van der Waals surface area contributed by atoms with Crippen molar-refractivity contribution in [1.82, 2.24) is 0 Å². The molecular weight excluding hydrogens is 492 g/mol. The van der Waals surface area contributed by atoms with E-state index in [0.29, 0.717) is 5.75 Å². The molecule has 0 unspecified atom stereocenters. The van der Waals surface area contributed by atoms with Gasteiger partial charge < -0.3 is 14.6 Å². The molecule has 1 aliphatic rings. The topological polar surface area (TPSA) is 55.8 Å². The molecule has 3 rings (SSSR count). The highest BCUT2D eigenvalue weighted by Gasteiger charge is 2.40. The highest BCUT2D eigenvalue weighted by atomic mass is 79.9. The predicted molar refractivity (Wildman–Crippen MR) is 132 cm³/mol. The minimum atomic E-state index is -1.02. The Hall–Kier alpha value is -1.82. The average Bonchev–Trinajstić information content (AvgIpc) is 2.73. The van der Waals surface area contributed by atoms with E-state index in [1.54, 1.807) is 0 Å². The highest BCUT2D eigenvalue weighted by Crippen LogP contribution is 2.50. The van der Waals surface area contributed by atoms with Crippen molar-refractivity contribution < 1.29 is 19.4 Å². The van der Waals surface area contributed by atoms with Gasteiger partial charge in [-0.25, -0.2) is 4.79 Å². The number of rotatable bonds is 8. The van der Waals surface area contributed by atoms with Crippen LogP contribution in [0.15, 0.2) is 53.0 Å². The predicted octanol–water partition coefficient (Wildman–Crippen LogP) is 7.48. The van der Waals surface area contributed by atoms with E-state index < -0.39 is 12.6 Å². The van der Waals surface area contributed by atoms with Crippen molar-refractivity contribution >= 4 is 33.5 Å². The maximum absolute atomic E-state index is 11.2. The lowest BCUT2D eigenvalue weighted by atomic mass is 9.74. The number of aliphatic carboxylic acids is 1. The van der Waals surface area contributed by atoms with E-state index in [0.717, 1.165) is 45.5 Å². The molecule has 0 radical (unpaired) electrons. The fourth-order valence-corrected chi connectivity index (χ4v) is 5.37. The molecule has 4 nitrogen and oxygen atoms in total. The molecule has 4 atom stereocenters. The Labute approximate surface area is 203 Å². The van der Waals surface area contributed by atoms with Crippen LogP contribution in [0.3, 0.4) is 0 Å². The number of hydrogen-bond donors (Lipinski definition) is 1. The second kappa shape index (κ2) is 10.9. The normalized spacial score (nSPS) is 23.0. The van der Waals surface area contributed by atoms with Crippen LogP contribution in [-0.2, 0) is 9.53 Å². The van der Waals surface area contributed by atoms with Crippen LogP contribution in [0.5, 0.6) is 5.75 Å². The molecule has 172 valence electrons. The summed E-state index contributed by atoms with van der Waals surface area (Å²) in [5.74, 6) is -0.211. The third kappa shape index (κ3) is 5.75. The van der Waals surface area contributed by atoms with E-state index in [1.807, 2.05) is 38.1 Å². The zero-order valence-electron chi connectivity index (χ0n) is 18.7. The molecule has 32 heavy (non-hydrogen) atoms. The van der Waals surface area contributed by atoms with Gasteiger partial charge in [0.1, 0.15) is 5.75 Å². The van der Waals surface area contributed by atoms with Gasteiger partial charge in [0.05, 0.1) is 16.7 Å². The summed E-state index contributed by atoms with van der Waals surface area (Å²) in [6.07, 6.45) is 2.56. The third-order valence-electron chi connectivity index (χ3n) is 6.01. The van der Waals surface area contributed by atoms with Gasteiger partial charge in [0.2, 0.25) is 0 Å². The summed E-state index contributed by atoms with van der Waals surface area (Å²) in [5, 5.41) is 9.88. The molecule has 0 aliphatic carbocycles. The molecule has 1 saturated heterocycles. The van der Waals surface area contributed by atoms with Crippen molar-refractivity contribution in [1.29, 1.82) is 0 Å². The first-order chi connectivity index (χ1) is 15.2. The lowest BCUT2D eigenvalue weighted by Gasteiger charge is -2.43. The van der Waals surface area contributed by atoms with Crippen molar-refractivity contribution in [2.45, 2.75) is 58.2 Å². The molecule has 0 aromatic heterocycles. The molecule has 0 saturated carbocycles. The summed E-state index contributed by atoms with van der Waals surface area (Å²) >= 11 is 9.69. The van der Waals surface area contributed by atoms with E-state index in [2.05, 4.69) is 41.6 Å². The second-order valence-electron chi connectivity index (χ2n) is 8.58. The Bertz CT molecular complexity index is 973. The number of hydrogen-bond acceptors (Lipinski definition) is 3. The monoisotopic (exact) mass is 520 g/mol. The van der Waals surface area contributed by atoms with Crippen LogP contribution in [-0.4, -0.2) is 23.8 Å². The minimum absolute atomic E-state index is 0.0217. The molecule has 1 N–H and O–H groups in total. The van der Waals surface area contributed by atoms with Gasteiger partial charge in [-0.1, -0.05) is 49.2 Å². The summed E-state index contributed by atoms with van der Waals surface area (Å²) < 4.78 is 13.2. The molecular formula is C26H30BrClO4. The first-order valence-electron chi connectivity index (χ1n) is 10.9. The van der Waals surface area contributed by atoms with E-state index in [9.17, 15) is 4.79 Å². The summed E-state index contributed by atoms with van der Waals surface area (Å²) in [4.78, 5) is 11.2. The number of ether oxygens (including phenoxy) is 2. The van der Waals surface area contributed by atoms with Gasteiger partial charge in [-0.05, 0) is 78.0 Å². The minimum Gasteiger partial charge on any atom is -0.480 e. The van der Waals surface area contributed by atoms with Crippen LogP contribution in [0, 0.1) is 12.8 Å². The number of halogens is 2. The molecule has 0 spiro atoms. The Morgan fingerprint density at radius 3 is 2.59 bits per heavy atom. The molecule has 1 fully saturated rings. The fraction of sp³-hybridized carbons (Fsp3) is 0.423. The lowest BCUT2D eigenvalue weighted by molar-refractivity contribution is -0.139. The number of carboxylic acids is 1. The van der Waals surface area contributed by atoms with Gasteiger partial charge in [0.15, 0.2) is 6.61 Å². The fourth-order valence-electron chi connectivity index (χ4n) is 4.54. The highest BCUT2D eigenvalue weighted by molar-refractivity contribution is 9.10. The van der Waals surface area contributed by atoms with Crippen molar-refractivity contribution in [3.8, 4) is 5.75 Å². The summed E-state index contributed by atoms with van der Waals surface area (Å²) in [6, 6.07) is 12.0. The van der Waals surface area contributed by atoms with Gasteiger partial charge in [-0.3, -0.25) is 0 Å². The van der Waals surface area contributed by atoms with E-state index in [4.69, 9.17) is 26.2 Å². The number of aryl methyl sites for hydroxylation is 1. The zero-order valence-corrected chi connectivity index (χ0v) is 21.1. The molecule has 1 heterocycles. The molecule has 0 bridgehead atoms. The first-order valence-corrected chi connectivity index (χ1v) is 12.1. The summed E-state index contributed by atoms with van der Waals surface area (Å²) in [5.41, 5.74) is 4.16. The van der Waals surface area contributed by atoms with Gasteiger partial charge in [-0.2, -0.15) is 0 Å². The Morgan fingerprint density at radius 1 is 1.31 bits per heavy atom. The van der Waals surface area contributed by atoms with Crippen molar-refractivity contribution in [2.75, 3.05) is 6.61 Å². The smallest absolute Gasteiger partial charge is 0.341 e. The van der Waals surface area contributed by atoms with Gasteiger partial charge in [0, 0.05) is 22.4 Å². The lowest BCUT2D eigenvalue weighted by Crippen LogP contribution is -2.36. The van der Waals surface area contributed by atoms with E-state index >= 15 is 0 Å². The Balaban J connectivity index is 2.04. The van der Waals surface area contributed by atoms with E-state index in [1.165, 1.54) is 5.56 Å². The van der Waals surface area contributed by atoms with Gasteiger partial charge in [0.25, 0.3) is 0 Å². The number of carboxylic acid groups (broad SMARTS) is 1. The van der Waals surface area contributed by atoms with E-state index in [-0.39, 0.29) is 24.0 Å². The van der Waals surface area contributed by atoms with Gasteiger partial charge in [-0.15, -0.1) is 0 Å². The van der Waals surface area contributed by atoms with Crippen LogP contribution in [0.25, 0.3) is 0 Å². The quantitative estimate of drug-likeness (QED) is 0.366. The van der Waals surface area contributed by atoms with Crippen molar-refractivity contribution in [2.24, 2.45) is 5.92 Å². The number of carbonyl (C=O) groups is 1. The average molecular weight is 522 g/mol. The first kappa shape index (κ1) is 24.8. The SMILES string of the molecule is C=C(C)[C@H]1C[C@H](c2ccc(Cl)cc2)[C@H](CCC)O[C@@H]1c1cc(C)cc(Br)c1OCC(=O)O. The van der Waals surface area contributed by atoms with Crippen molar-refractivity contribution in [3.63, 3.8) is 0 Å². The summed E-state index contributed by atoms with van der Waals surface area (Å²) in [7, 11) is 0. The van der Waals surface area contributed by atoms with Crippen molar-refractivity contribution in [3.05, 3.63) is 74.7 Å². The van der Waals surface area contributed by atoms with Crippen LogP contribution in [0.1, 0.15) is 61.8 Å². The number of benzene rings is 2. The summed E-state index contributed by atoms with van der Waals surface area (Å²) in [6.45, 7) is 10.1. The third-order valence-corrected chi connectivity index (χ3v) is 6.85. The Kier molecular flexibility index (Phi) is 8.43. The maximum Gasteiger partial charge on any atom is 0.341 e. The molecule has 2 aromatic carbocycles. The standard InChI is InChI=1S/C26H30BrClO4/c1-5-6-23-20(17-7-9-18(28)10-8-17)13-19(15(2)3)25(32-23)21-11-16(4)12-22(27)26(21)31-14-24(29)30/h7-12,19-20,23,25H,2,5-6,13-14H2,1,3-4H3,(H,29,30)/t19-,20-,23+,25+/m1/s1. The maximum atomic E-state index is 11.2. The van der Waals surface area contributed by atoms with Crippen LogP contribution in [0.2, 0.25) is 5.02 Å². The van der Waals surface area contributed by atoms with Crippen LogP contribution in [0.4, 0.5) is 0 Å². The molecule has 0 amide bonds. The molecule has 6 heteroatoms. The Morgan fingerprint density at radius 2 is 2.00 bits per heavy atom. The zero-order chi connectivity index (χ0) is 23.4. The molecule has 1 aliphatic heterocycles. The molecule has 2 aromatic rings. The largest absolute Gasteiger partial charge is 0.480 e. The van der Waals surface area contributed by atoms with Gasteiger partial charge >= 0.3 is 5.97 Å². The van der Waals surface area contributed by atoms with Crippen LogP contribution < -0.4 is 4.74 Å². The van der Waals surface area contributed by atoms with Crippen LogP contribution >= 0.6 is 27.5 Å². The second-order valence-corrected chi connectivity index (χ2v) is 9.87.